The fraction of sp³-hybridized carbons (Fsp3) is 0.385. The van der Waals surface area contributed by atoms with Gasteiger partial charge in [-0.3, -0.25) is 4.68 Å². The Morgan fingerprint density at radius 3 is 2.67 bits per heavy atom. The molecule has 5 nitrogen and oxygen atoms in total. The van der Waals surface area contributed by atoms with Crippen molar-refractivity contribution in [1.82, 2.24) is 15.0 Å². The van der Waals surface area contributed by atoms with E-state index >= 15 is 0 Å². The molecule has 0 aliphatic carbocycles. The van der Waals surface area contributed by atoms with Crippen LogP contribution in [0.25, 0.3) is 0 Å². The van der Waals surface area contributed by atoms with E-state index in [-0.39, 0.29) is 0 Å². The first kappa shape index (κ1) is 12.6. The summed E-state index contributed by atoms with van der Waals surface area (Å²) in [4.78, 5) is 0. The molecule has 18 heavy (non-hydrogen) atoms. The Hall–Kier alpha value is -1.88. The molecule has 0 bridgehead atoms. The normalized spacial score (nSPS) is 10.6. The second kappa shape index (κ2) is 6.16. The van der Waals surface area contributed by atoms with E-state index < -0.39 is 0 Å². The minimum Gasteiger partial charge on any atom is -0.497 e. The number of methoxy groups -OCH3 is 1. The van der Waals surface area contributed by atoms with E-state index in [4.69, 9.17) is 10.5 Å². The molecule has 1 heterocycles. The standard InChI is InChI=1S/C13H18N4O/c1-18-13-4-2-11(3-5-13)7-9-17-10-12(6-8-14)15-16-17/h2-5,10H,6-9,14H2,1H3. The highest BCUT2D eigenvalue weighted by Crippen LogP contribution is 2.12. The van der Waals surface area contributed by atoms with Crippen molar-refractivity contribution in [1.29, 1.82) is 0 Å². The molecule has 0 atom stereocenters. The SMILES string of the molecule is COc1ccc(CCn2cc(CCN)nn2)cc1. The molecular weight excluding hydrogens is 228 g/mol. The fourth-order valence-electron chi connectivity index (χ4n) is 1.75. The third kappa shape index (κ3) is 3.30. The minimum absolute atomic E-state index is 0.608. The lowest BCUT2D eigenvalue weighted by Crippen LogP contribution is -2.03. The summed E-state index contributed by atoms with van der Waals surface area (Å²) in [5.74, 6) is 0.879. The predicted octanol–water partition coefficient (Wildman–Crippen LogP) is 1.03. The van der Waals surface area contributed by atoms with Crippen LogP contribution in [0.4, 0.5) is 0 Å². The molecule has 0 saturated carbocycles. The molecule has 0 amide bonds. The highest BCUT2D eigenvalue weighted by Gasteiger charge is 2.00. The number of nitrogens with zero attached hydrogens (tertiary/aromatic N) is 3. The monoisotopic (exact) mass is 246 g/mol. The maximum absolute atomic E-state index is 5.47. The number of aromatic nitrogens is 3. The number of nitrogens with two attached hydrogens (primary N) is 1. The number of hydrogen-bond acceptors (Lipinski definition) is 4. The van der Waals surface area contributed by atoms with E-state index in [0.29, 0.717) is 6.54 Å². The zero-order valence-corrected chi connectivity index (χ0v) is 10.5. The maximum atomic E-state index is 5.47. The van der Waals surface area contributed by atoms with Crippen LogP contribution in [-0.4, -0.2) is 28.6 Å². The van der Waals surface area contributed by atoms with Gasteiger partial charge >= 0.3 is 0 Å². The van der Waals surface area contributed by atoms with Crippen LogP contribution in [-0.2, 0) is 19.4 Å². The summed E-state index contributed by atoms with van der Waals surface area (Å²) in [6, 6.07) is 8.07. The summed E-state index contributed by atoms with van der Waals surface area (Å²) in [6.07, 6.45) is 3.66. The van der Waals surface area contributed by atoms with Gasteiger partial charge in [0, 0.05) is 19.2 Å². The van der Waals surface area contributed by atoms with E-state index in [2.05, 4.69) is 22.4 Å². The van der Waals surface area contributed by atoms with Gasteiger partial charge in [0.1, 0.15) is 5.75 Å². The molecule has 0 aliphatic heterocycles. The van der Waals surface area contributed by atoms with Gasteiger partial charge < -0.3 is 10.5 Å². The van der Waals surface area contributed by atoms with E-state index in [9.17, 15) is 0 Å². The van der Waals surface area contributed by atoms with Crippen LogP contribution in [0.5, 0.6) is 5.75 Å². The molecule has 0 spiro atoms. The first-order valence-corrected chi connectivity index (χ1v) is 6.04. The molecule has 0 aliphatic rings. The van der Waals surface area contributed by atoms with Gasteiger partial charge in [-0.05, 0) is 30.7 Å². The zero-order valence-electron chi connectivity index (χ0n) is 10.5. The number of ether oxygens (including phenoxy) is 1. The van der Waals surface area contributed by atoms with Gasteiger partial charge in [-0.25, -0.2) is 0 Å². The van der Waals surface area contributed by atoms with Crippen LogP contribution in [0.15, 0.2) is 30.5 Å². The predicted molar refractivity (Wildman–Crippen MR) is 69.5 cm³/mol. The Bertz CT molecular complexity index is 478. The van der Waals surface area contributed by atoms with E-state index in [1.54, 1.807) is 7.11 Å². The lowest BCUT2D eigenvalue weighted by Gasteiger charge is -2.03. The molecule has 96 valence electrons. The van der Waals surface area contributed by atoms with Crippen molar-refractivity contribution in [2.75, 3.05) is 13.7 Å². The third-order valence-corrected chi connectivity index (χ3v) is 2.78. The van der Waals surface area contributed by atoms with Gasteiger partial charge in [-0.2, -0.15) is 0 Å². The van der Waals surface area contributed by atoms with Gasteiger partial charge in [0.05, 0.1) is 12.8 Å². The van der Waals surface area contributed by atoms with E-state index in [1.807, 2.05) is 23.0 Å². The average molecular weight is 246 g/mol. The van der Waals surface area contributed by atoms with Crippen molar-refractivity contribution >= 4 is 0 Å². The third-order valence-electron chi connectivity index (χ3n) is 2.78. The van der Waals surface area contributed by atoms with Gasteiger partial charge in [-0.1, -0.05) is 17.3 Å². The highest BCUT2D eigenvalue weighted by atomic mass is 16.5. The number of aryl methyl sites for hydroxylation is 2. The summed E-state index contributed by atoms with van der Waals surface area (Å²) in [6.45, 7) is 1.43. The van der Waals surface area contributed by atoms with Crippen LogP contribution in [0.1, 0.15) is 11.3 Å². The van der Waals surface area contributed by atoms with Crippen LogP contribution in [0, 0.1) is 0 Å². The molecule has 2 rings (SSSR count). The Balaban J connectivity index is 1.89. The number of benzene rings is 1. The second-order valence-corrected chi connectivity index (χ2v) is 4.11. The van der Waals surface area contributed by atoms with Gasteiger partial charge in [0.2, 0.25) is 0 Å². The Labute approximate surface area is 107 Å². The minimum atomic E-state index is 0.608. The molecule has 0 saturated heterocycles. The zero-order chi connectivity index (χ0) is 12.8. The highest BCUT2D eigenvalue weighted by molar-refractivity contribution is 5.27. The molecule has 0 unspecified atom stereocenters. The molecule has 0 fully saturated rings. The summed E-state index contributed by atoms with van der Waals surface area (Å²) >= 11 is 0. The number of hydrogen-bond donors (Lipinski definition) is 1. The molecule has 0 radical (unpaired) electrons. The Morgan fingerprint density at radius 1 is 1.22 bits per heavy atom. The van der Waals surface area contributed by atoms with Gasteiger partial charge in [-0.15, -0.1) is 5.10 Å². The molecule has 2 N–H and O–H groups in total. The molecule has 1 aromatic carbocycles. The largest absolute Gasteiger partial charge is 0.497 e. The summed E-state index contributed by atoms with van der Waals surface area (Å²) in [5, 5.41) is 8.13. The maximum Gasteiger partial charge on any atom is 0.118 e. The molecule has 2 aromatic rings. The van der Waals surface area contributed by atoms with Crippen molar-refractivity contribution < 1.29 is 4.74 Å². The van der Waals surface area contributed by atoms with E-state index in [1.165, 1.54) is 5.56 Å². The Kier molecular flexibility index (Phi) is 4.30. The topological polar surface area (TPSA) is 66.0 Å². The lowest BCUT2D eigenvalue weighted by atomic mass is 10.1. The smallest absolute Gasteiger partial charge is 0.118 e. The van der Waals surface area contributed by atoms with Crippen LogP contribution in [0.2, 0.25) is 0 Å². The number of rotatable bonds is 6. The van der Waals surface area contributed by atoms with Gasteiger partial charge in [0.15, 0.2) is 0 Å². The first-order valence-electron chi connectivity index (χ1n) is 6.04. The van der Waals surface area contributed by atoms with Crippen molar-refractivity contribution in [3.63, 3.8) is 0 Å². The first-order chi connectivity index (χ1) is 8.81. The van der Waals surface area contributed by atoms with Crippen LogP contribution < -0.4 is 10.5 Å². The van der Waals surface area contributed by atoms with Crippen molar-refractivity contribution in [3.8, 4) is 5.75 Å². The van der Waals surface area contributed by atoms with Crippen molar-refractivity contribution in [2.45, 2.75) is 19.4 Å². The molecule has 5 heteroatoms. The lowest BCUT2D eigenvalue weighted by molar-refractivity contribution is 0.414. The van der Waals surface area contributed by atoms with E-state index in [0.717, 1.165) is 30.8 Å². The van der Waals surface area contributed by atoms with Gasteiger partial charge in [0.25, 0.3) is 0 Å². The van der Waals surface area contributed by atoms with Crippen LogP contribution in [0.3, 0.4) is 0 Å². The summed E-state index contributed by atoms with van der Waals surface area (Å²) < 4.78 is 6.98. The molecular formula is C13H18N4O. The van der Waals surface area contributed by atoms with Crippen molar-refractivity contribution in [2.24, 2.45) is 5.73 Å². The average Bonchev–Trinajstić information content (AvgIpc) is 2.85. The summed E-state index contributed by atoms with van der Waals surface area (Å²) in [5.41, 5.74) is 7.68. The Morgan fingerprint density at radius 2 is 2.00 bits per heavy atom. The van der Waals surface area contributed by atoms with Crippen LogP contribution >= 0.6 is 0 Å². The summed E-state index contributed by atoms with van der Waals surface area (Å²) in [7, 11) is 1.67. The quantitative estimate of drug-likeness (QED) is 0.826. The second-order valence-electron chi connectivity index (χ2n) is 4.11. The fourth-order valence-corrected chi connectivity index (χ4v) is 1.75. The van der Waals surface area contributed by atoms with Crippen molar-refractivity contribution in [3.05, 3.63) is 41.7 Å². The molecule has 1 aromatic heterocycles.